The second-order valence-electron chi connectivity index (χ2n) is 6.70. The minimum Gasteiger partial charge on any atom is -0.368 e. The number of nitrogens with one attached hydrogen (secondary N) is 2. The zero-order valence-electron chi connectivity index (χ0n) is 16.2. The van der Waals surface area contributed by atoms with Gasteiger partial charge in [-0.3, -0.25) is 4.79 Å². The van der Waals surface area contributed by atoms with Gasteiger partial charge in [-0.05, 0) is 43.5 Å². The molecular weight excluding hydrogens is 372 g/mol. The molecule has 0 saturated carbocycles. The van der Waals surface area contributed by atoms with Crippen molar-refractivity contribution in [1.29, 1.82) is 0 Å². The largest absolute Gasteiger partial charge is 0.368 e. The summed E-state index contributed by atoms with van der Waals surface area (Å²) in [4.78, 5) is 30.0. The molecule has 1 fully saturated rings. The van der Waals surface area contributed by atoms with Crippen molar-refractivity contribution < 1.29 is 9.59 Å². The highest BCUT2D eigenvalue weighted by Gasteiger charge is 2.24. The normalized spacial score (nSPS) is 15.1. The zero-order chi connectivity index (χ0) is 19.9. The molecule has 1 atom stereocenters. The topological polar surface area (TPSA) is 64.7 Å². The quantitative estimate of drug-likeness (QED) is 0.759. The van der Waals surface area contributed by atoms with Crippen molar-refractivity contribution in [3.05, 3.63) is 54.6 Å². The van der Waals surface area contributed by atoms with E-state index in [9.17, 15) is 9.59 Å². The van der Waals surface area contributed by atoms with Gasteiger partial charge in [-0.1, -0.05) is 24.3 Å². The highest BCUT2D eigenvalue weighted by molar-refractivity contribution is 7.98. The van der Waals surface area contributed by atoms with Crippen LogP contribution in [0, 0.1) is 0 Å². The van der Waals surface area contributed by atoms with E-state index in [-0.39, 0.29) is 11.9 Å². The lowest BCUT2D eigenvalue weighted by Crippen LogP contribution is -2.54. The molecule has 0 bridgehead atoms. The van der Waals surface area contributed by atoms with Crippen LogP contribution in [0.1, 0.15) is 6.92 Å². The number of carbonyl (C=O) groups excluding carboxylic acids is 2. The van der Waals surface area contributed by atoms with Crippen LogP contribution in [0.5, 0.6) is 0 Å². The minimum atomic E-state index is -0.613. The van der Waals surface area contributed by atoms with E-state index in [4.69, 9.17) is 0 Å². The van der Waals surface area contributed by atoms with Gasteiger partial charge in [0.2, 0.25) is 5.91 Å². The summed E-state index contributed by atoms with van der Waals surface area (Å²) in [6.07, 6.45) is 1.99. The van der Waals surface area contributed by atoms with Crippen LogP contribution < -0.4 is 15.5 Å². The van der Waals surface area contributed by atoms with E-state index in [2.05, 4.69) is 27.7 Å². The standard InChI is InChI=1S/C21H26N4O2S/c1-16(20(26)23-17-7-6-10-19(15-17)28-2)22-21(27)25-13-11-24(12-14-25)18-8-4-3-5-9-18/h3-10,15-16H,11-14H2,1-2H3,(H,22,27)(H,23,26)/t16-/m0/s1. The Morgan fingerprint density at radius 2 is 1.71 bits per heavy atom. The number of hydrogen-bond acceptors (Lipinski definition) is 4. The van der Waals surface area contributed by atoms with E-state index in [1.165, 1.54) is 5.69 Å². The van der Waals surface area contributed by atoms with Crippen LogP contribution in [0.15, 0.2) is 59.5 Å². The van der Waals surface area contributed by atoms with Crippen LogP contribution in [0.2, 0.25) is 0 Å². The second-order valence-corrected chi connectivity index (χ2v) is 7.58. The number of piperazine rings is 1. The van der Waals surface area contributed by atoms with Gasteiger partial charge in [0.15, 0.2) is 0 Å². The van der Waals surface area contributed by atoms with Crippen molar-refractivity contribution in [1.82, 2.24) is 10.2 Å². The third kappa shape index (κ3) is 5.19. The summed E-state index contributed by atoms with van der Waals surface area (Å²) in [5, 5.41) is 5.66. The Morgan fingerprint density at radius 3 is 2.39 bits per heavy atom. The van der Waals surface area contributed by atoms with Crippen molar-refractivity contribution >= 4 is 35.1 Å². The van der Waals surface area contributed by atoms with Crippen molar-refractivity contribution in [3.8, 4) is 0 Å². The molecule has 0 aliphatic carbocycles. The molecule has 2 aromatic rings. The molecule has 6 nitrogen and oxygen atoms in total. The van der Waals surface area contributed by atoms with Crippen molar-refractivity contribution in [3.63, 3.8) is 0 Å². The van der Waals surface area contributed by atoms with Crippen LogP contribution in [-0.4, -0.2) is 55.3 Å². The summed E-state index contributed by atoms with van der Waals surface area (Å²) in [6, 6.07) is 17.0. The van der Waals surface area contributed by atoms with Crippen molar-refractivity contribution in [2.75, 3.05) is 42.7 Å². The summed E-state index contributed by atoms with van der Waals surface area (Å²) in [6.45, 7) is 4.51. The number of anilines is 2. The van der Waals surface area contributed by atoms with E-state index in [1.807, 2.05) is 48.7 Å². The van der Waals surface area contributed by atoms with Crippen LogP contribution in [0.4, 0.5) is 16.2 Å². The Labute approximate surface area is 170 Å². The average molecular weight is 399 g/mol. The van der Waals surface area contributed by atoms with Crippen LogP contribution in [-0.2, 0) is 4.79 Å². The number of thioether (sulfide) groups is 1. The number of carbonyl (C=O) groups is 2. The van der Waals surface area contributed by atoms with E-state index >= 15 is 0 Å². The molecule has 28 heavy (non-hydrogen) atoms. The Bertz CT molecular complexity index is 807. The monoisotopic (exact) mass is 398 g/mol. The Kier molecular flexibility index (Phi) is 6.81. The highest BCUT2D eigenvalue weighted by atomic mass is 32.2. The van der Waals surface area contributed by atoms with Crippen LogP contribution in [0.25, 0.3) is 0 Å². The summed E-state index contributed by atoms with van der Waals surface area (Å²) < 4.78 is 0. The Balaban J connectivity index is 1.48. The van der Waals surface area contributed by atoms with Crippen molar-refractivity contribution in [2.24, 2.45) is 0 Å². The summed E-state index contributed by atoms with van der Waals surface area (Å²) in [5.41, 5.74) is 1.90. The molecule has 0 aromatic heterocycles. The van der Waals surface area contributed by atoms with Gasteiger partial charge >= 0.3 is 6.03 Å². The van der Waals surface area contributed by atoms with Gasteiger partial charge in [0.05, 0.1) is 0 Å². The molecule has 148 valence electrons. The predicted octanol–water partition coefficient (Wildman–Crippen LogP) is 3.27. The number of rotatable bonds is 5. The number of hydrogen-bond donors (Lipinski definition) is 2. The molecule has 7 heteroatoms. The van der Waals surface area contributed by atoms with Gasteiger partial charge in [-0.15, -0.1) is 11.8 Å². The molecule has 1 aliphatic rings. The van der Waals surface area contributed by atoms with Crippen LogP contribution in [0.3, 0.4) is 0 Å². The second kappa shape index (κ2) is 9.50. The van der Waals surface area contributed by atoms with Crippen molar-refractivity contribution in [2.45, 2.75) is 17.9 Å². The Morgan fingerprint density at radius 1 is 1.00 bits per heavy atom. The third-order valence-corrected chi connectivity index (χ3v) is 5.48. The molecule has 3 rings (SSSR count). The van der Waals surface area contributed by atoms with Gasteiger partial charge < -0.3 is 20.4 Å². The lowest BCUT2D eigenvalue weighted by atomic mass is 10.2. The molecule has 0 radical (unpaired) electrons. The molecule has 0 unspecified atom stereocenters. The molecule has 1 saturated heterocycles. The fourth-order valence-electron chi connectivity index (χ4n) is 3.10. The predicted molar refractivity (Wildman–Crippen MR) is 115 cm³/mol. The maximum Gasteiger partial charge on any atom is 0.318 e. The van der Waals surface area contributed by atoms with Gasteiger partial charge in [-0.25, -0.2) is 4.79 Å². The van der Waals surface area contributed by atoms with E-state index < -0.39 is 6.04 Å². The molecule has 1 aliphatic heterocycles. The van der Waals surface area contributed by atoms with Gasteiger partial charge in [0.1, 0.15) is 6.04 Å². The fourth-order valence-corrected chi connectivity index (χ4v) is 3.56. The lowest BCUT2D eigenvalue weighted by Gasteiger charge is -2.36. The Hall–Kier alpha value is -2.67. The molecule has 2 N–H and O–H groups in total. The molecular formula is C21H26N4O2S. The minimum absolute atomic E-state index is 0.201. The van der Waals surface area contributed by atoms with Gasteiger partial charge in [0, 0.05) is 42.4 Å². The first-order valence-corrected chi connectivity index (χ1v) is 10.6. The van der Waals surface area contributed by atoms with E-state index in [0.717, 1.165) is 23.7 Å². The van der Waals surface area contributed by atoms with E-state index in [0.29, 0.717) is 13.1 Å². The molecule has 2 aromatic carbocycles. The average Bonchev–Trinajstić information content (AvgIpc) is 2.74. The molecule has 1 heterocycles. The summed E-state index contributed by atoms with van der Waals surface area (Å²) in [5.74, 6) is -0.227. The maximum absolute atomic E-state index is 12.5. The number of urea groups is 1. The first-order valence-electron chi connectivity index (χ1n) is 9.37. The summed E-state index contributed by atoms with van der Waals surface area (Å²) >= 11 is 1.61. The smallest absolute Gasteiger partial charge is 0.318 e. The lowest BCUT2D eigenvalue weighted by molar-refractivity contribution is -0.117. The number of amides is 3. The first-order chi connectivity index (χ1) is 13.6. The first kappa shape index (κ1) is 20.1. The third-order valence-electron chi connectivity index (χ3n) is 4.76. The summed E-state index contributed by atoms with van der Waals surface area (Å²) in [7, 11) is 0. The number of para-hydroxylation sites is 1. The SMILES string of the molecule is CSc1cccc(NC(=O)[C@H](C)NC(=O)N2CCN(c3ccccc3)CC2)c1. The number of nitrogens with zero attached hydrogens (tertiary/aromatic N) is 2. The van der Waals surface area contributed by atoms with Gasteiger partial charge in [-0.2, -0.15) is 0 Å². The molecule has 0 spiro atoms. The maximum atomic E-state index is 12.5. The van der Waals surface area contributed by atoms with Crippen LogP contribution >= 0.6 is 11.8 Å². The van der Waals surface area contributed by atoms with Gasteiger partial charge in [0.25, 0.3) is 0 Å². The zero-order valence-corrected chi connectivity index (χ0v) is 17.0. The number of benzene rings is 2. The fraction of sp³-hybridized carbons (Fsp3) is 0.333. The highest BCUT2D eigenvalue weighted by Crippen LogP contribution is 2.19. The molecule has 3 amide bonds. The van der Waals surface area contributed by atoms with E-state index in [1.54, 1.807) is 23.6 Å².